The van der Waals surface area contributed by atoms with Gasteiger partial charge in [0.15, 0.2) is 0 Å². The second-order valence-electron chi connectivity index (χ2n) is 18.3. The minimum absolute atomic E-state index is 0.505. The maximum absolute atomic E-state index is 2.54. The number of hydrogen-bond donors (Lipinski definition) is 0. The van der Waals surface area contributed by atoms with Gasteiger partial charge >= 0.3 is 0 Å². The van der Waals surface area contributed by atoms with Gasteiger partial charge in [-0.2, -0.15) is 0 Å². The molecule has 1 aliphatic rings. The number of rotatable bonds is 9. The first-order valence-electron chi connectivity index (χ1n) is 24.2. The van der Waals surface area contributed by atoms with Crippen LogP contribution < -0.4 is 4.90 Å². The van der Waals surface area contributed by atoms with Crippen molar-refractivity contribution in [2.24, 2.45) is 0 Å². The third-order valence-electron chi connectivity index (χ3n) is 14.5. The van der Waals surface area contributed by atoms with Crippen molar-refractivity contribution >= 4 is 38.6 Å². The maximum Gasteiger partial charge on any atom is 0.0713 e. The molecule has 12 aromatic rings. The second kappa shape index (κ2) is 17.2. The molecule has 0 saturated heterocycles. The van der Waals surface area contributed by atoms with Crippen LogP contribution in [0, 0.1) is 0 Å². The zero-order valence-corrected chi connectivity index (χ0v) is 38.6. The topological polar surface area (TPSA) is 3.24 Å². The van der Waals surface area contributed by atoms with E-state index in [-0.39, 0.29) is 0 Å². The van der Waals surface area contributed by atoms with Gasteiger partial charge in [-0.1, -0.05) is 255 Å². The number of hydrogen-bond acceptors (Lipinski definition) is 1. The van der Waals surface area contributed by atoms with E-state index < -0.39 is 5.41 Å². The van der Waals surface area contributed by atoms with Crippen LogP contribution in [0.25, 0.3) is 77.2 Å². The maximum atomic E-state index is 2.54. The van der Waals surface area contributed by atoms with Crippen LogP contribution in [0.2, 0.25) is 0 Å². The highest BCUT2D eigenvalue weighted by atomic mass is 15.1. The molecular formula is C69H47N. The minimum Gasteiger partial charge on any atom is -0.309 e. The van der Waals surface area contributed by atoms with E-state index in [1.54, 1.807) is 0 Å². The lowest BCUT2D eigenvalue weighted by Gasteiger charge is -2.34. The quantitative estimate of drug-likeness (QED) is 0.131. The molecule has 70 heavy (non-hydrogen) atoms. The molecule has 12 aromatic carbocycles. The van der Waals surface area contributed by atoms with Gasteiger partial charge in [-0.15, -0.1) is 0 Å². The van der Waals surface area contributed by atoms with Gasteiger partial charge in [0, 0.05) is 22.3 Å². The van der Waals surface area contributed by atoms with E-state index >= 15 is 0 Å². The summed E-state index contributed by atoms with van der Waals surface area (Å²) in [5, 5.41) is 4.85. The molecule has 13 rings (SSSR count). The van der Waals surface area contributed by atoms with Gasteiger partial charge in [-0.25, -0.2) is 0 Å². The molecule has 1 heteroatoms. The summed E-state index contributed by atoms with van der Waals surface area (Å²) < 4.78 is 0. The summed E-state index contributed by atoms with van der Waals surface area (Å²) in [4.78, 5) is 2.54. The van der Waals surface area contributed by atoms with Crippen LogP contribution in [0.1, 0.15) is 22.3 Å². The van der Waals surface area contributed by atoms with Gasteiger partial charge < -0.3 is 4.90 Å². The van der Waals surface area contributed by atoms with Crippen molar-refractivity contribution in [3.05, 3.63) is 307 Å². The van der Waals surface area contributed by atoms with Crippen molar-refractivity contribution in [3.63, 3.8) is 0 Å². The van der Waals surface area contributed by atoms with Crippen molar-refractivity contribution in [1.82, 2.24) is 0 Å². The molecular weight excluding hydrogens is 843 g/mol. The van der Waals surface area contributed by atoms with Crippen LogP contribution in [0.3, 0.4) is 0 Å². The molecule has 0 fully saturated rings. The Kier molecular flexibility index (Phi) is 10.1. The summed E-state index contributed by atoms with van der Waals surface area (Å²) in [6, 6.07) is 105. The lowest BCUT2D eigenvalue weighted by Crippen LogP contribution is -2.28. The standard InChI is InChI=1S/C69H47N/c1-5-20-48(21-6-1)50-36-38-52(39-37-50)67-62-33-15-13-30-59(62)60-31-14-16-34-63(60)68(67)70(57-42-40-51(41-43-57)54-25-19-24-53(46-54)49-22-7-2-8-23-49)58-44-45-66-64(47-58)61-32-17-18-35-65(61)69(66,55-26-9-3-10-27-55)56-28-11-4-12-29-56/h1-47H. The molecule has 0 saturated carbocycles. The highest BCUT2D eigenvalue weighted by Gasteiger charge is 2.46. The second-order valence-corrected chi connectivity index (χ2v) is 18.3. The van der Waals surface area contributed by atoms with Gasteiger partial charge in [0.2, 0.25) is 0 Å². The number of benzene rings is 12. The molecule has 328 valence electrons. The Balaban J connectivity index is 1.08. The summed E-state index contributed by atoms with van der Waals surface area (Å²) >= 11 is 0. The van der Waals surface area contributed by atoms with E-state index in [1.807, 2.05) is 0 Å². The van der Waals surface area contributed by atoms with Crippen LogP contribution >= 0.6 is 0 Å². The largest absolute Gasteiger partial charge is 0.309 e. The zero-order valence-electron chi connectivity index (χ0n) is 38.6. The third kappa shape index (κ3) is 6.78. The predicted molar refractivity (Wildman–Crippen MR) is 295 cm³/mol. The van der Waals surface area contributed by atoms with Crippen molar-refractivity contribution in [2.75, 3.05) is 4.90 Å². The van der Waals surface area contributed by atoms with E-state index in [4.69, 9.17) is 0 Å². The molecule has 0 aliphatic heterocycles. The molecule has 1 aliphatic carbocycles. The summed E-state index contributed by atoms with van der Waals surface area (Å²) in [5.41, 5.74) is 19.9. The fourth-order valence-electron chi connectivity index (χ4n) is 11.4. The fraction of sp³-hybridized carbons (Fsp3) is 0.0145. The van der Waals surface area contributed by atoms with Crippen molar-refractivity contribution < 1.29 is 0 Å². The molecule has 0 radical (unpaired) electrons. The first kappa shape index (κ1) is 41.2. The Hall–Kier alpha value is -9.04. The zero-order chi connectivity index (χ0) is 46.4. The average Bonchev–Trinajstić information content (AvgIpc) is 3.75. The highest BCUT2D eigenvalue weighted by molar-refractivity contribution is 6.22. The summed E-state index contributed by atoms with van der Waals surface area (Å²) in [5.74, 6) is 0. The molecule has 0 aromatic heterocycles. The number of nitrogens with zero attached hydrogens (tertiary/aromatic N) is 1. The molecule has 0 bridgehead atoms. The van der Waals surface area contributed by atoms with Gasteiger partial charge in [-0.05, 0) is 119 Å². The number of anilines is 3. The third-order valence-corrected chi connectivity index (χ3v) is 14.5. The molecule has 0 heterocycles. The minimum atomic E-state index is -0.505. The SMILES string of the molecule is c1ccc(-c2ccc(-c3c(N(c4ccc(-c5cccc(-c6ccccc6)c5)cc4)c4ccc5c(c4)-c4ccccc4C5(c4ccccc4)c4ccccc4)c4ccccc4c4ccccc34)cc2)cc1. The van der Waals surface area contributed by atoms with E-state index in [2.05, 4.69) is 290 Å². The molecule has 0 amide bonds. The monoisotopic (exact) mass is 889 g/mol. The first-order valence-corrected chi connectivity index (χ1v) is 24.2. The van der Waals surface area contributed by atoms with Gasteiger partial charge in [0.05, 0.1) is 11.1 Å². The summed E-state index contributed by atoms with van der Waals surface area (Å²) in [6.07, 6.45) is 0. The van der Waals surface area contributed by atoms with Gasteiger partial charge in [0.1, 0.15) is 0 Å². The van der Waals surface area contributed by atoms with E-state index in [0.29, 0.717) is 0 Å². The molecule has 0 N–H and O–H groups in total. The molecule has 1 nitrogen and oxygen atoms in total. The van der Waals surface area contributed by atoms with Crippen LogP contribution in [-0.2, 0) is 5.41 Å². The van der Waals surface area contributed by atoms with Crippen LogP contribution in [0.5, 0.6) is 0 Å². The lowest BCUT2D eigenvalue weighted by molar-refractivity contribution is 0.768. The van der Waals surface area contributed by atoms with Gasteiger partial charge in [-0.3, -0.25) is 0 Å². The van der Waals surface area contributed by atoms with E-state index in [0.717, 1.165) is 22.6 Å². The molecule has 0 spiro atoms. The van der Waals surface area contributed by atoms with E-state index in [1.165, 1.54) is 93.9 Å². The first-order chi connectivity index (χ1) is 34.7. The fourth-order valence-corrected chi connectivity index (χ4v) is 11.4. The van der Waals surface area contributed by atoms with Gasteiger partial charge in [0.25, 0.3) is 0 Å². The van der Waals surface area contributed by atoms with Crippen molar-refractivity contribution in [3.8, 4) is 55.6 Å². The smallest absolute Gasteiger partial charge is 0.0713 e. The van der Waals surface area contributed by atoms with Crippen LogP contribution in [0.4, 0.5) is 17.1 Å². The molecule has 0 atom stereocenters. The Bertz CT molecular complexity index is 3800. The predicted octanol–water partition coefficient (Wildman–Crippen LogP) is 18.5. The van der Waals surface area contributed by atoms with E-state index in [9.17, 15) is 0 Å². The molecule has 0 unspecified atom stereocenters. The Morgan fingerprint density at radius 2 is 0.657 bits per heavy atom. The average molecular weight is 890 g/mol. The summed E-state index contributed by atoms with van der Waals surface area (Å²) in [7, 11) is 0. The number of fused-ring (bicyclic) bond motifs is 6. The highest BCUT2D eigenvalue weighted by Crippen LogP contribution is 2.58. The lowest BCUT2D eigenvalue weighted by atomic mass is 9.68. The Labute approximate surface area is 409 Å². The Morgan fingerprint density at radius 3 is 1.29 bits per heavy atom. The van der Waals surface area contributed by atoms with Crippen LogP contribution in [-0.4, -0.2) is 0 Å². The Morgan fingerprint density at radius 1 is 0.243 bits per heavy atom. The van der Waals surface area contributed by atoms with Crippen molar-refractivity contribution in [2.45, 2.75) is 5.41 Å². The normalized spacial score (nSPS) is 12.4. The summed E-state index contributed by atoms with van der Waals surface area (Å²) in [6.45, 7) is 0. The van der Waals surface area contributed by atoms with Crippen molar-refractivity contribution in [1.29, 1.82) is 0 Å². The van der Waals surface area contributed by atoms with Crippen LogP contribution in [0.15, 0.2) is 285 Å².